The summed E-state index contributed by atoms with van der Waals surface area (Å²) >= 11 is 0. The van der Waals surface area contributed by atoms with E-state index in [0.717, 1.165) is 44.7 Å². The Kier molecular flexibility index (Phi) is 5.02. The Hall–Kier alpha value is -4.12. The van der Waals surface area contributed by atoms with Gasteiger partial charge in [-0.3, -0.25) is 9.98 Å². The Morgan fingerprint density at radius 1 is 1.15 bits per heavy atom. The SMILES string of the molecule is O=c1[nH]c(O)c(/C=c2\cnn3c(=NC4CC4)cc(Nc4ccc(N5CCNCC5)cc4)nc23)[nH]1. The van der Waals surface area contributed by atoms with Crippen molar-refractivity contribution in [2.75, 3.05) is 36.4 Å². The molecule has 0 amide bonds. The minimum absolute atomic E-state index is 0.230. The number of benzene rings is 1. The number of nitrogens with zero attached hydrogens (tertiary/aromatic N) is 5. The van der Waals surface area contributed by atoms with Crippen LogP contribution in [0.5, 0.6) is 5.88 Å². The Balaban J connectivity index is 1.37. The minimum atomic E-state index is -0.482. The lowest BCUT2D eigenvalue weighted by Crippen LogP contribution is -2.43. The maximum absolute atomic E-state index is 11.5. The number of aromatic amines is 2. The van der Waals surface area contributed by atoms with E-state index in [1.54, 1.807) is 16.8 Å². The molecule has 0 atom stereocenters. The summed E-state index contributed by atoms with van der Waals surface area (Å²) in [5.41, 5.74) is 3.19. The highest BCUT2D eigenvalue weighted by Gasteiger charge is 2.20. The highest BCUT2D eigenvalue weighted by atomic mass is 16.3. The summed E-state index contributed by atoms with van der Waals surface area (Å²) in [6, 6.07) is 10.5. The normalized spacial score (nSPS) is 17.6. The lowest BCUT2D eigenvalue weighted by atomic mass is 10.2. The second-order valence-corrected chi connectivity index (χ2v) is 8.59. The third-order valence-corrected chi connectivity index (χ3v) is 6.00. The fraction of sp³-hybridized carbons (Fsp3) is 0.304. The van der Waals surface area contributed by atoms with Crippen molar-refractivity contribution < 1.29 is 5.11 Å². The molecule has 34 heavy (non-hydrogen) atoms. The van der Waals surface area contributed by atoms with Gasteiger partial charge >= 0.3 is 5.69 Å². The molecule has 11 heteroatoms. The number of aromatic hydroxyl groups is 1. The second kappa shape index (κ2) is 8.34. The molecule has 11 nitrogen and oxygen atoms in total. The van der Waals surface area contributed by atoms with E-state index < -0.39 is 5.69 Å². The number of hydrogen-bond acceptors (Lipinski definition) is 8. The van der Waals surface area contributed by atoms with Gasteiger partial charge in [-0.2, -0.15) is 9.61 Å². The summed E-state index contributed by atoms with van der Waals surface area (Å²) in [6.07, 6.45) is 5.41. The van der Waals surface area contributed by atoms with E-state index in [1.807, 2.05) is 18.2 Å². The van der Waals surface area contributed by atoms with Gasteiger partial charge in [0.25, 0.3) is 0 Å². The molecule has 3 aromatic heterocycles. The molecule has 1 saturated heterocycles. The van der Waals surface area contributed by atoms with Crippen LogP contribution in [0.2, 0.25) is 0 Å². The number of rotatable bonds is 5. The zero-order valence-corrected chi connectivity index (χ0v) is 18.5. The van der Waals surface area contributed by atoms with Crippen molar-refractivity contribution in [1.82, 2.24) is 29.9 Å². The number of aromatic nitrogens is 5. The van der Waals surface area contributed by atoms with Gasteiger partial charge in [0.1, 0.15) is 11.5 Å². The first kappa shape index (κ1) is 20.5. The van der Waals surface area contributed by atoms with Crippen molar-refractivity contribution >= 4 is 28.9 Å². The average Bonchev–Trinajstić information content (AvgIpc) is 3.48. The highest BCUT2D eigenvalue weighted by Crippen LogP contribution is 2.23. The van der Waals surface area contributed by atoms with Gasteiger partial charge in [0.2, 0.25) is 5.88 Å². The monoisotopic (exact) mass is 459 g/mol. The number of H-pyrrole nitrogens is 2. The maximum Gasteiger partial charge on any atom is 0.326 e. The van der Waals surface area contributed by atoms with E-state index in [1.165, 1.54) is 5.69 Å². The average molecular weight is 460 g/mol. The van der Waals surface area contributed by atoms with E-state index in [0.29, 0.717) is 28.2 Å². The fourth-order valence-corrected chi connectivity index (χ4v) is 4.09. The van der Waals surface area contributed by atoms with E-state index in [-0.39, 0.29) is 11.6 Å². The molecule has 2 aliphatic rings. The van der Waals surface area contributed by atoms with E-state index in [2.05, 4.69) is 42.7 Å². The lowest BCUT2D eigenvalue weighted by Gasteiger charge is -2.29. The molecule has 4 aromatic rings. The van der Waals surface area contributed by atoms with Gasteiger partial charge in [-0.05, 0) is 43.2 Å². The summed E-state index contributed by atoms with van der Waals surface area (Å²) < 4.78 is 1.69. The molecule has 4 heterocycles. The number of anilines is 3. The number of imidazole rings is 1. The zero-order valence-electron chi connectivity index (χ0n) is 18.5. The minimum Gasteiger partial charge on any atom is -0.493 e. The van der Waals surface area contributed by atoms with Crippen molar-refractivity contribution in [3.05, 3.63) is 63.4 Å². The third-order valence-electron chi connectivity index (χ3n) is 6.00. The molecule has 0 unspecified atom stereocenters. The van der Waals surface area contributed by atoms with E-state index in [9.17, 15) is 9.90 Å². The summed E-state index contributed by atoms with van der Waals surface area (Å²) in [5.74, 6) is 0.412. The van der Waals surface area contributed by atoms with Gasteiger partial charge < -0.3 is 25.6 Å². The summed E-state index contributed by atoms with van der Waals surface area (Å²) in [4.78, 5) is 28.3. The van der Waals surface area contributed by atoms with Gasteiger partial charge in [0, 0.05) is 48.8 Å². The number of hydrogen-bond donors (Lipinski definition) is 5. The van der Waals surface area contributed by atoms with Gasteiger partial charge in [-0.15, -0.1) is 0 Å². The quantitative estimate of drug-likeness (QED) is 0.288. The summed E-state index contributed by atoms with van der Waals surface area (Å²) in [6.45, 7) is 3.99. The first-order valence-corrected chi connectivity index (χ1v) is 11.4. The zero-order chi connectivity index (χ0) is 23.1. The van der Waals surface area contributed by atoms with Crippen molar-refractivity contribution in [1.29, 1.82) is 0 Å². The molecule has 1 aliphatic heterocycles. The van der Waals surface area contributed by atoms with Crippen LogP contribution in [-0.2, 0) is 0 Å². The molecule has 1 saturated carbocycles. The van der Waals surface area contributed by atoms with Crippen LogP contribution in [0.4, 0.5) is 17.2 Å². The van der Waals surface area contributed by atoms with Gasteiger partial charge in [0.15, 0.2) is 11.1 Å². The first-order chi connectivity index (χ1) is 16.6. The van der Waals surface area contributed by atoms with Crippen LogP contribution >= 0.6 is 0 Å². The van der Waals surface area contributed by atoms with Crippen LogP contribution < -0.4 is 31.9 Å². The van der Waals surface area contributed by atoms with Crippen LogP contribution in [0.1, 0.15) is 18.5 Å². The first-order valence-electron chi connectivity index (χ1n) is 11.4. The third kappa shape index (κ3) is 4.13. The Morgan fingerprint density at radius 2 is 1.94 bits per heavy atom. The largest absolute Gasteiger partial charge is 0.493 e. The fourth-order valence-electron chi connectivity index (χ4n) is 4.09. The standard InChI is InChI=1S/C23H25N9O2/c33-22-18(28-23(34)30-22)11-14-13-25-32-20(27-16-1-2-16)12-19(29-21(14)32)26-15-3-5-17(6-4-15)31-9-7-24-8-10-31/h3-6,11-13,16,24,26,33H,1-2,7-10H2,(H2,28,30,34)/b14-11+,27-20?. The van der Waals surface area contributed by atoms with Gasteiger partial charge in [0.05, 0.1) is 12.2 Å². The molecule has 1 aromatic carbocycles. The Morgan fingerprint density at radius 3 is 2.65 bits per heavy atom. The number of nitrogens with one attached hydrogen (secondary N) is 4. The van der Waals surface area contributed by atoms with Gasteiger partial charge in [-0.1, -0.05) is 0 Å². The molecule has 1 aliphatic carbocycles. The van der Waals surface area contributed by atoms with Crippen molar-refractivity contribution in [2.45, 2.75) is 18.9 Å². The van der Waals surface area contributed by atoms with Crippen LogP contribution in [0.3, 0.4) is 0 Å². The second-order valence-electron chi connectivity index (χ2n) is 8.59. The summed E-state index contributed by atoms with van der Waals surface area (Å²) in [7, 11) is 0. The van der Waals surface area contributed by atoms with E-state index in [4.69, 9.17) is 9.98 Å². The molecule has 0 spiro atoms. The molecule has 0 radical (unpaired) electrons. The maximum atomic E-state index is 11.5. The lowest BCUT2D eigenvalue weighted by molar-refractivity contribution is 0.454. The Bertz CT molecular complexity index is 1510. The molecular formula is C23H25N9O2. The molecule has 174 valence electrons. The van der Waals surface area contributed by atoms with Crippen LogP contribution in [0.25, 0.3) is 11.7 Å². The molecule has 6 rings (SSSR count). The van der Waals surface area contributed by atoms with Crippen LogP contribution in [0, 0.1) is 0 Å². The smallest absolute Gasteiger partial charge is 0.326 e. The predicted molar refractivity (Wildman–Crippen MR) is 128 cm³/mol. The Labute approximate surface area is 193 Å². The topological polar surface area (TPSA) is 139 Å². The molecule has 5 N–H and O–H groups in total. The molecule has 2 fully saturated rings. The molecule has 0 bridgehead atoms. The van der Waals surface area contributed by atoms with Crippen molar-refractivity contribution in [3.8, 4) is 5.88 Å². The van der Waals surface area contributed by atoms with E-state index >= 15 is 0 Å². The number of piperazine rings is 1. The summed E-state index contributed by atoms with van der Waals surface area (Å²) in [5, 5.41) is 21.8. The van der Waals surface area contributed by atoms with Gasteiger partial charge in [-0.25, -0.2) is 9.78 Å². The van der Waals surface area contributed by atoms with Crippen molar-refractivity contribution in [2.24, 2.45) is 4.99 Å². The van der Waals surface area contributed by atoms with Crippen LogP contribution in [0.15, 0.2) is 46.3 Å². The van der Waals surface area contributed by atoms with Crippen molar-refractivity contribution in [3.63, 3.8) is 0 Å². The predicted octanol–water partition coefficient (Wildman–Crippen LogP) is 0.215. The number of fused-ring (bicyclic) bond motifs is 1. The highest BCUT2D eigenvalue weighted by molar-refractivity contribution is 5.63. The molecular weight excluding hydrogens is 434 g/mol. The van der Waals surface area contributed by atoms with Crippen LogP contribution in [-0.4, -0.2) is 61.9 Å².